The molecule has 106 valence electrons. The van der Waals surface area contributed by atoms with Gasteiger partial charge in [-0.3, -0.25) is 9.69 Å². The van der Waals surface area contributed by atoms with Crippen molar-refractivity contribution in [2.75, 3.05) is 23.4 Å². The van der Waals surface area contributed by atoms with E-state index in [4.69, 9.17) is 5.26 Å². The van der Waals surface area contributed by atoms with Crippen LogP contribution in [0.3, 0.4) is 0 Å². The Balaban J connectivity index is 2.01. The van der Waals surface area contributed by atoms with Crippen molar-refractivity contribution in [3.05, 3.63) is 29.8 Å². The fourth-order valence-corrected chi connectivity index (χ4v) is 3.42. The van der Waals surface area contributed by atoms with Crippen molar-refractivity contribution in [1.29, 1.82) is 5.26 Å². The van der Waals surface area contributed by atoms with Crippen LogP contribution in [0.15, 0.2) is 24.3 Å². The van der Waals surface area contributed by atoms with Gasteiger partial charge in [0.05, 0.1) is 17.7 Å². The third kappa shape index (κ3) is 3.53. The van der Waals surface area contributed by atoms with E-state index in [-0.39, 0.29) is 11.9 Å². The fraction of sp³-hybridized carbons (Fsp3) is 0.467. The lowest BCUT2D eigenvalue weighted by atomic mass is 10.1. The van der Waals surface area contributed by atoms with E-state index in [0.717, 1.165) is 18.1 Å². The number of hydrogen-bond donors (Lipinski definition) is 1. The molecule has 1 fully saturated rings. The fourth-order valence-electron chi connectivity index (χ4n) is 2.38. The van der Waals surface area contributed by atoms with Crippen molar-refractivity contribution in [3.63, 3.8) is 0 Å². The molecule has 1 amide bonds. The average Bonchev–Trinajstić information content (AvgIpc) is 2.47. The van der Waals surface area contributed by atoms with Crippen LogP contribution in [0.5, 0.6) is 0 Å². The maximum absolute atomic E-state index is 12.3. The normalized spacial score (nSPS) is 20.9. The highest BCUT2D eigenvalue weighted by atomic mass is 32.2. The lowest BCUT2D eigenvalue weighted by Crippen LogP contribution is -2.50. The molecule has 0 bridgehead atoms. The predicted molar refractivity (Wildman–Crippen MR) is 82.7 cm³/mol. The van der Waals surface area contributed by atoms with Crippen LogP contribution in [-0.4, -0.2) is 40.9 Å². The Bertz CT molecular complexity index is 526. The minimum absolute atomic E-state index is 0.0150. The molecule has 1 aromatic carbocycles. The summed E-state index contributed by atoms with van der Waals surface area (Å²) in [6.45, 7) is 5.04. The van der Waals surface area contributed by atoms with E-state index in [2.05, 4.69) is 23.2 Å². The average molecular weight is 289 g/mol. The molecule has 0 radical (unpaired) electrons. The highest BCUT2D eigenvalue weighted by Gasteiger charge is 2.27. The number of nitrogens with zero attached hydrogens (tertiary/aromatic N) is 2. The number of thioether (sulfide) groups is 1. The molecule has 1 aliphatic rings. The molecule has 1 heterocycles. The molecule has 5 heteroatoms. The quantitative estimate of drug-likeness (QED) is 0.928. The topological polar surface area (TPSA) is 56.1 Å². The Morgan fingerprint density at radius 2 is 2.40 bits per heavy atom. The third-order valence-corrected chi connectivity index (χ3v) is 4.74. The zero-order valence-corrected chi connectivity index (χ0v) is 12.6. The van der Waals surface area contributed by atoms with E-state index in [0.29, 0.717) is 17.3 Å². The first-order valence-corrected chi connectivity index (χ1v) is 7.92. The number of anilines is 1. The number of rotatable bonds is 3. The molecule has 1 N–H and O–H groups in total. The van der Waals surface area contributed by atoms with E-state index in [1.807, 2.05) is 18.7 Å². The van der Waals surface area contributed by atoms with E-state index >= 15 is 0 Å². The summed E-state index contributed by atoms with van der Waals surface area (Å²) in [7, 11) is 0. The molecule has 1 aliphatic heterocycles. The first-order valence-electron chi connectivity index (χ1n) is 6.76. The van der Waals surface area contributed by atoms with Crippen molar-refractivity contribution < 1.29 is 4.79 Å². The number of benzene rings is 1. The molecule has 2 rings (SSSR count). The molecule has 20 heavy (non-hydrogen) atoms. The van der Waals surface area contributed by atoms with Crippen LogP contribution in [0.1, 0.15) is 19.4 Å². The van der Waals surface area contributed by atoms with Gasteiger partial charge < -0.3 is 5.32 Å². The molecule has 1 aromatic rings. The summed E-state index contributed by atoms with van der Waals surface area (Å²) in [5.41, 5.74) is 1.23. The first-order chi connectivity index (χ1) is 9.61. The second kappa shape index (κ2) is 6.78. The summed E-state index contributed by atoms with van der Waals surface area (Å²) in [6, 6.07) is 9.34. The molecule has 0 saturated carbocycles. The lowest BCUT2D eigenvalue weighted by molar-refractivity contribution is -0.121. The highest BCUT2D eigenvalue weighted by molar-refractivity contribution is 7.99. The minimum atomic E-state index is -0.156. The van der Waals surface area contributed by atoms with Crippen LogP contribution in [0.4, 0.5) is 5.69 Å². The maximum Gasteiger partial charge on any atom is 0.241 e. The Morgan fingerprint density at radius 1 is 1.60 bits per heavy atom. The van der Waals surface area contributed by atoms with Crippen molar-refractivity contribution in [2.45, 2.75) is 25.9 Å². The van der Waals surface area contributed by atoms with Crippen molar-refractivity contribution in [3.8, 4) is 6.07 Å². The zero-order valence-electron chi connectivity index (χ0n) is 11.8. The SMILES string of the molecule is CC1CSCCN1C(C)C(=O)Nc1cccc(C#N)c1. The molecule has 1 saturated heterocycles. The van der Waals surface area contributed by atoms with Gasteiger partial charge in [-0.05, 0) is 32.0 Å². The van der Waals surface area contributed by atoms with Gasteiger partial charge in [0.15, 0.2) is 0 Å². The zero-order chi connectivity index (χ0) is 14.5. The highest BCUT2D eigenvalue weighted by Crippen LogP contribution is 2.19. The molecule has 0 aromatic heterocycles. The number of nitrogens with one attached hydrogen (secondary N) is 1. The van der Waals surface area contributed by atoms with E-state index in [1.165, 1.54) is 0 Å². The Kier molecular flexibility index (Phi) is 5.05. The summed E-state index contributed by atoms with van der Waals surface area (Å²) in [5.74, 6) is 2.13. The van der Waals surface area contributed by atoms with Crippen molar-refractivity contribution in [2.24, 2.45) is 0 Å². The Labute approximate surface area is 124 Å². The van der Waals surface area contributed by atoms with Gasteiger partial charge in [0.1, 0.15) is 0 Å². The van der Waals surface area contributed by atoms with E-state index in [9.17, 15) is 4.79 Å². The molecular formula is C15H19N3OS. The van der Waals surface area contributed by atoms with E-state index < -0.39 is 0 Å². The van der Waals surface area contributed by atoms with Gasteiger partial charge in [0, 0.05) is 29.8 Å². The van der Waals surface area contributed by atoms with Crippen LogP contribution in [0.25, 0.3) is 0 Å². The van der Waals surface area contributed by atoms with Crippen LogP contribution in [-0.2, 0) is 4.79 Å². The number of amides is 1. The molecule has 2 unspecified atom stereocenters. The van der Waals surface area contributed by atoms with Gasteiger partial charge in [-0.2, -0.15) is 17.0 Å². The Hall–Kier alpha value is -1.51. The second-order valence-corrected chi connectivity index (χ2v) is 6.17. The number of hydrogen-bond acceptors (Lipinski definition) is 4. The smallest absolute Gasteiger partial charge is 0.241 e. The Morgan fingerprint density at radius 3 is 3.10 bits per heavy atom. The van der Waals surface area contributed by atoms with Gasteiger partial charge in [0.2, 0.25) is 5.91 Å². The number of nitriles is 1. The van der Waals surface area contributed by atoms with Gasteiger partial charge in [-0.15, -0.1) is 0 Å². The molecular weight excluding hydrogens is 270 g/mol. The van der Waals surface area contributed by atoms with Gasteiger partial charge in [-0.1, -0.05) is 6.07 Å². The van der Waals surface area contributed by atoms with Crippen LogP contribution < -0.4 is 5.32 Å². The van der Waals surface area contributed by atoms with Crippen LogP contribution >= 0.6 is 11.8 Å². The summed E-state index contributed by atoms with van der Waals surface area (Å²) < 4.78 is 0. The standard InChI is InChI=1S/C15H19N3OS/c1-11-10-20-7-6-18(11)12(2)15(19)17-14-5-3-4-13(8-14)9-16/h3-5,8,11-12H,6-7,10H2,1-2H3,(H,17,19). The van der Waals surface area contributed by atoms with Crippen LogP contribution in [0, 0.1) is 11.3 Å². The van der Waals surface area contributed by atoms with Gasteiger partial charge in [0.25, 0.3) is 0 Å². The maximum atomic E-state index is 12.3. The number of carbonyl (C=O) groups is 1. The van der Waals surface area contributed by atoms with Crippen molar-refractivity contribution >= 4 is 23.4 Å². The second-order valence-electron chi connectivity index (χ2n) is 5.02. The summed E-state index contributed by atoms with van der Waals surface area (Å²) >= 11 is 1.94. The summed E-state index contributed by atoms with van der Waals surface area (Å²) in [5, 5.41) is 11.8. The summed E-state index contributed by atoms with van der Waals surface area (Å²) in [4.78, 5) is 14.6. The number of carbonyl (C=O) groups excluding carboxylic acids is 1. The molecule has 2 atom stereocenters. The third-order valence-electron chi connectivity index (χ3n) is 3.56. The first kappa shape index (κ1) is 14.9. The van der Waals surface area contributed by atoms with Crippen molar-refractivity contribution in [1.82, 2.24) is 4.90 Å². The molecule has 0 spiro atoms. The monoisotopic (exact) mass is 289 g/mol. The largest absolute Gasteiger partial charge is 0.325 e. The van der Waals surface area contributed by atoms with E-state index in [1.54, 1.807) is 24.3 Å². The summed E-state index contributed by atoms with van der Waals surface area (Å²) in [6.07, 6.45) is 0. The van der Waals surface area contributed by atoms with Crippen LogP contribution in [0.2, 0.25) is 0 Å². The predicted octanol–water partition coefficient (Wildman–Crippen LogP) is 2.32. The minimum Gasteiger partial charge on any atom is -0.325 e. The van der Waals surface area contributed by atoms with Gasteiger partial charge >= 0.3 is 0 Å². The lowest BCUT2D eigenvalue weighted by Gasteiger charge is -2.36. The molecule has 4 nitrogen and oxygen atoms in total. The van der Waals surface area contributed by atoms with Gasteiger partial charge in [-0.25, -0.2) is 0 Å². The molecule has 0 aliphatic carbocycles.